The average Bonchev–Trinajstić information content (AvgIpc) is 3.61. The number of hydrogen-bond acceptors (Lipinski definition) is 9. The Kier molecular flexibility index (Phi) is 7.38. The molecule has 3 aromatic heterocycles. The number of aliphatic hydroxyl groups excluding tert-OH is 1. The molecule has 0 aliphatic heterocycles. The molecule has 2 fully saturated rings. The van der Waals surface area contributed by atoms with E-state index in [4.69, 9.17) is 5.73 Å². The first-order valence-corrected chi connectivity index (χ1v) is 12.8. The molecule has 2 atom stereocenters. The van der Waals surface area contributed by atoms with Gasteiger partial charge >= 0.3 is 0 Å². The summed E-state index contributed by atoms with van der Waals surface area (Å²) < 4.78 is 15.5. The molecule has 3 heterocycles. The van der Waals surface area contributed by atoms with E-state index in [1.165, 1.54) is 29.9 Å². The molecule has 2 saturated carbocycles. The number of anilines is 3. The quantitative estimate of drug-likeness (QED) is 0.243. The van der Waals surface area contributed by atoms with Crippen LogP contribution in [0.5, 0.6) is 0 Å². The Morgan fingerprint density at radius 1 is 1.08 bits per heavy atom. The van der Waals surface area contributed by atoms with Crippen LogP contribution in [0.1, 0.15) is 55.9 Å². The summed E-state index contributed by atoms with van der Waals surface area (Å²) in [7, 11) is 0. The highest BCUT2D eigenvalue weighted by Crippen LogP contribution is 2.30. The first kappa shape index (κ1) is 25.8. The highest BCUT2D eigenvalue weighted by molar-refractivity contribution is 6.03. The lowest BCUT2D eigenvalue weighted by atomic mass is 9.91. The van der Waals surface area contributed by atoms with Crippen LogP contribution in [-0.4, -0.2) is 66.8 Å². The first-order valence-electron chi connectivity index (χ1n) is 12.8. The molecule has 5 rings (SSSR count). The molecule has 0 radical (unpaired) electrons. The number of carbonyl (C=O) groups excluding carboxylic acids is 2. The summed E-state index contributed by atoms with van der Waals surface area (Å²) in [5, 5.41) is 26.6. The van der Waals surface area contributed by atoms with Crippen LogP contribution in [0.2, 0.25) is 0 Å². The number of fused-ring (bicyclic) bond motifs is 1. The molecule has 2 amide bonds. The summed E-state index contributed by atoms with van der Waals surface area (Å²) in [6.07, 6.45) is 8.13. The predicted octanol–water partition coefficient (Wildman–Crippen LogP) is 1.64. The predicted molar refractivity (Wildman–Crippen MR) is 139 cm³/mol. The average molecular weight is 526 g/mol. The largest absolute Gasteiger partial charge is 0.391 e. The number of pyridine rings is 1. The minimum absolute atomic E-state index is 0.00888. The second kappa shape index (κ2) is 10.9. The molecule has 0 spiro atoms. The fraction of sp³-hybridized carbons (Fsp3) is 0.480. The van der Waals surface area contributed by atoms with E-state index in [-0.39, 0.29) is 29.4 Å². The molecule has 0 aromatic carbocycles. The van der Waals surface area contributed by atoms with Crippen LogP contribution >= 0.6 is 0 Å². The van der Waals surface area contributed by atoms with Crippen LogP contribution in [0.25, 0.3) is 5.65 Å². The molecule has 2 aliphatic carbocycles. The van der Waals surface area contributed by atoms with Crippen LogP contribution in [0.3, 0.4) is 0 Å². The fourth-order valence-electron chi connectivity index (χ4n) is 4.52. The molecule has 202 valence electrons. The number of amides is 2. The molecule has 1 unspecified atom stereocenters. The summed E-state index contributed by atoms with van der Waals surface area (Å²) in [5.41, 5.74) is 7.18. The minimum atomic E-state index is -0.948. The Balaban J connectivity index is 1.30. The van der Waals surface area contributed by atoms with E-state index in [2.05, 4.69) is 36.3 Å². The lowest BCUT2D eigenvalue weighted by molar-refractivity contribution is -0.125. The topological polar surface area (TPSA) is 172 Å². The summed E-state index contributed by atoms with van der Waals surface area (Å²) in [6, 6.07) is 2.77. The number of rotatable bonds is 9. The third kappa shape index (κ3) is 5.83. The molecule has 12 nitrogen and oxygen atoms in total. The van der Waals surface area contributed by atoms with Crippen molar-refractivity contribution in [2.75, 3.05) is 16.0 Å². The smallest absolute Gasteiger partial charge is 0.276 e. The maximum absolute atomic E-state index is 14.0. The van der Waals surface area contributed by atoms with E-state index in [0.29, 0.717) is 17.5 Å². The zero-order valence-electron chi connectivity index (χ0n) is 21.0. The van der Waals surface area contributed by atoms with Gasteiger partial charge in [-0.3, -0.25) is 14.6 Å². The van der Waals surface area contributed by atoms with Crippen molar-refractivity contribution >= 4 is 34.7 Å². The maximum Gasteiger partial charge on any atom is 0.276 e. The van der Waals surface area contributed by atoms with Crippen molar-refractivity contribution in [1.82, 2.24) is 24.9 Å². The zero-order valence-corrected chi connectivity index (χ0v) is 21.0. The van der Waals surface area contributed by atoms with Gasteiger partial charge in [0.05, 0.1) is 29.9 Å². The molecule has 3 aromatic rings. The van der Waals surface area contributed by atoms with Gasteiger partial charge in [0.2, 0.25) is 5.91 Å². The fourth-order valence-corrected chi connectivity index (χ4v) is 4.52. The van der Waals surface area contributed by atoms with Crippen LogP contribution in [0.15, 0.2) is 30.7 Å². The van der Waals surface area contributed by atoms with Gasteiger partial charge in [-0.15, -0.1) is 5.10 Å². The second-order valence-corrected chi connectivity index (χ2v) is 10.0. The Labute approximate surface area is 218 Å². The van der Waals surface area contributed by atoms with Gasteiger partial charge in [-0.2, -0.15) is 0 Å². The lowest BCUT2D eigenvalue weighted by Gasteiger charge is -2.31. The van der Waals surface area contributed by atoms with Gasteiger partial charge in [-0.05, 0) is 51.5 Å². The van der Waals surface area contributed by atoms with Crippen LogP contribution in [-0.2, 0) is 4.79 Å². The molecule has 7 N–H and O–H groups in total. The number of nitrogens with one attached hydrogen (secondary N) is 4. The van der Waals surface area contributed by atoms with Gasteiger partial charge in [0.25, 0.3) is 5.91 Å². The van der Waals surface area contributed by atoms with Crippen molar-refractivity contribution in [2.45, 2.75) is 75.7 Å². The van der Waals surface area contributed by atoms with E-state index in [1.54, 1.807) is 0 Å². The SMILES string of the molecule is CC(O)[C@@H](N)C(=O)NC1CCC(Nc2cc(NC3CC3)c3ncc(C(=O)Nc4ccncc4F)n3n2)CC1. The van der Waals surface area contributed by atoms with E-state index in [9.17, 15) is 19.1 Å². The minimum Gasteiger partial charge on any atom is -0.391 e. The molecule has 38 heavy (non-hydrogen) atoms. The Morgan fingerprint density at radius 3 is 2.45 bits per heavy atom. The van der Waals surface area contributed by atoms with Crippen molar-refractivity contribution in [3.63, 3.8) is 0 Å². The van der Waals surface area contributed by atoms with Gasteiger partial charge in [0, 0.05) is 30.4 Å². The van der Waals surface area contributed by atoms with Crippen LogP contribution in [0.4, 0.5) is 21.6 Å². The van der Waals surface area contributed by atoms with Crippen molar-refractivity contribution < 1.29 is 19.1 Å². The maximum atomic E-state index is 14.0. The third-order valence-electron chi connectivity index (χ3n) is 6.91. The zero-order chi connectivity index (χ0) is 26.8. The number of aromatic nitrogens is 4. The van der Waals surface area contributed by atoms with E-state index in [1.807, 2.05) is 6.07 Å². The number of hydrogen-bond donors (Lipinski definition) is 6. The number of aliphatic hydroxyl groups is 1. The first-order chi connectivity index (χ1) is 18.3. The standard InChI is InChI=1S/C25H32FN9O3/c1-13(36)22(27)25(38)32-16-6-4-15(5-7-16)31-21-10-19(30-14-2-3-14)23-29-12-20(35(23)34-21)24(37)33-18-8-9-28-11-17(18)26/h8-16,22,30,36H,2-7,27H2,1H3,(H,31,34)(H,32,38)(H,28,33,37)/t13?,15?,16?,22-/m1/s1. The van der Waals surface area contributed by atoms with Crippen molar-refractivity contribution in [3.05, 3.63) is 42.2 Å². The summed E-state index contributed by atoms with van der Waals surface area (Å²) in [6.45, 7) is 1.49. The van der Waals surface area contributed by atoms with Crippen molar-refractivity contribution in [2.24, 2.45) is 5.73 Å². The van der Waals surface area contributed by atoms with Crippen molar-refractivity contribution in [3.8, 4) is 0 Å². The van der Waals surface area contributed by atoms with E-state index in [0.717, 1.165) is 50.4 Å². The van der Waals surface area contributed by atoms with Crippen molar-refractivity contribution in [1.29, 1.82) is 0 Å². The number of carbonyl (C=O) groups is 2. The van der Waals surface area contributed by atoms with Gasteiger partial charge in [0.1, 0.15) is 11.9 Å². The molecule has 13 heteroatoms. The second-order valence-electron chi connectivity index (χ2n) is 10.0. The van der Waals surface area contributed by atoms with Gasteiger partial charge < -0.3 is 32.1 Å². The molecule has 0 saturated heterocycles. The summed E-state index contributed by atoms with van der Waals surface area (Å²) in [5.74, 6) is -0.958. The third-order valence-corrected chi connectivity index (χ3v) is 6.91. The molecular weight excluding hydrogens is 493 g/mol. The molecular formula is C25H32FN9O3. The number of nitrogens with two attached hydrogens (primary N) is 1. The van der Waals surface area contributed by atoms with Gasteiger partial charge in [0.15, 0.2) is 17.2 Å². The highest BCUT2D eigenvalue weighted by Gasteiger charge is 2.28. The van der Waals surface area contributed by atoms with E-state index >= 15 is 0 Å². The van der Waals surface area contributed by atoms with Gasteiger partial charge in [-0.25, -0.2) is 13.9 Å². The number of halogens is 1. The Hall–Kier alpha value is -3.84. The molecule has 2 aliphatic rings. The van der Waals surface area contributed by atoms with Crippen LogP contribution in [0, 0.1) is 5.82 Å². The number of imidazole rings is 1. The number of nitrogens with zero attached hydrogens (tertiary/aromatic N) is 4. The monoisotopic (exact) mass is 525 g/mol. The van der Waals surface area contributed by atoms with Crippen LogP contribution < -0.4 is 27.0 Å². The molecule has 0 bridgehead atoms. The summed E-state index contributed by atoms with van der Waals surface area (Å²) in [4.78, 5) is 33.3. The Morgan fingerprint density at radius 2 is 1.76 bits per heavy atom. The van der Waals surface area contributed by atoms with E-state index < -0.39 is 23.9 Å². The lowest BCUT2D eigenvalue weighted by Crippen LogP contribution is -2.51. The Bertz CT molecular complexity index is 1320. The highest BCUT2D eigenvalue weighted by atomic mass is 19.1. The normalized spacial score (nSPS) is 20.9. The summed E-state index contributed by atoms with van der Waals surface area (Å²) >= 11 is 0. The van der Waals surface area contributed by atoms with Gasteiger partial charge in [-0.1, -0.05) is 0 Å².